The third-order valence-electron chi connectivity index (χ3n) is 4.05. The van der Waals surface area contributed by atoms with E-state index in [1.165, 1.54) is 10.9 Å². The molecule has 0 bridgehead atoms. The largest absolute Gasteiger partial charge is 0.394 e. The fourth-order valence-corrected chi connectivity index (χ4v) is 2.94. The lowest BCUT2D eigenvalue weighted by atomic mass is 10.1. The van der Waals surface area contributed by atoms with Crippen LogP contribution in [0, 0.1) is 16.5 Å². The average molecular weight is 408 g/mol. The molecule has 0 amide bonds. The molecule has 9 N–H and O–H groups in total. The van der Waals surface area contributed by atoms with Gasteiger partial charge in [-0.15, -0.1) is 0 Å². The summed E-state index contributed by atoms with van der Waals surface area (Å²) in [6.07, 6.45) is -2.91. The number of aliphatic imine (C=N–C) groups is 1. The molecule has 2 aromatic heterocycles. The maximum Gasteiger partial charge on any atom is 0.203 e. The van der Waals surface area contributed by atoms with Crippen LogP contribution in [0.15, 0.2) is 11.3 Å². The molecule has 4 atom stereocenters. The van der Waals surface area contributed by atoms with Crippen molar-refractivity contribution in [2.24, 2.45) is 16.5 Å². The Morgan fingerprint density at radius 2 is 2.18 bits per heavy atom. The Labute approximate surface area is 164 Å². The number of hydrogen-bond acceptors (Lipinski definition) is 9. The SMILES string of the molecule is NC(N)=NCC#CCNc1nc(=S)c2ncn([C@@H]3O[C@H](CO)[C@H](O)C3O)c2[nH]1. The first-order valence-corrected chi connectivity index (χ1v) is 8.67. The second-order valence-corrected chi connectivity index (χ2v) is 6.30. The Morgan fingerprint density at radius 3 is 2.86 bits per heavy atom. The van der Waals surface area contributed by atoms with E-state index < -0.39 is 31.1 Å². The van der Waals surface area contributed by atoms with Gasteiger partial charge in [0.15, 0.2) is 16.8 Å². The zero-order valence-electron chi connectivity index (χ0n) is 14.6. The molecule has 3 heterocycles. The average Bonchev–Trinajstić information content (AvgIpc) is 3.20. The molecule has 1 saturated heterocycles. The molecular weight excluding hydrogens is 388 g/mol. The van der Waals surface area contributed by atoms with Crippen molar-refractivity contribution < 1.29 is 20.1 Å². The fraction of sp³-hybridized carbons (Fsp3) is 0.467. The first-order valence-electron chi connectivity index (χ1n) is 8.26. The Bertz CT molecular complexity index is 989. The minimum absolute atomic E-state index is 0.0309. The van der Waals surface area contributed by atoms with Gasteiger partial charge < -0.3 is 41.8 Å². The van der Waals surface area contributed by atoms with Crippen LogP contribution in [-0.2, 0) is 4.74 Å². The number of anilines is 1. The van der Waals surface area contributed by atoms with Gasteiger partial charge in [0, 0.05) is 0 Å². The topological polar surface area (TPSA) is 193 Å². The number of aliphatic hydroxyl groups is 3. The summed E-state index contributed by atoms with van der Waals surface area (Å²) in [7, 11) is 0. The molecule has 28 heavy (non-hydrogen) atoms. The highest BCUT2D eigenvalue weighted by Gasteiger charge is 2.43. The summed E-state index contributed by atoms with van der Waals surface area (Å²) in [5.74, 6) is 5.89. The maximum atomic E-state index is 10.2. The van der Waals surface area contributed by atoms with E-state index in [9.17, 15) is 15.3 Å². The number of rotatable bonds is 5. The van der Waals surface area contributed by atoms with Crippen LogP contribution in [-0.4, -0.2) is 78.8 Å². The van der Waals surface area contributed by atoms with Gasteiger partial charge in [-0.25, -0.2) is 15.0 Å². The summed E-state index contributed by atoms with van der Waals surface area (Å²) >= 11 is 5.26. The van der Waals surface area contributed by atoms with E-state index in [0.29, 0.717) is 17.1 Å². The van der Waals surface area contributed by atoms with Gasteiger partial charge in [0.2, 0.25) is 5.95 Å². The maximum absolute atomic E-state index is 10.2. The summed E-state index contributed by atoms with van der Waals surface area (Å²) in [5.41, 5.74) is 11.3. The van der Waals surface area contributed by atoms with Crippen LogP contribution in [0.25, 0.3) is 11.2 Å². The minimum Gasteiger partial charge on any atom is -0.394 e. The lowest BCUT2D eigenvalue weighted by Crippen LogP contribution is -2.33. The molecule has 0 saturated carbocycles. The molecule has 3 rings (SSSR count). The van der Waals surface area contributed by atoms with Crippen LogP contribution < -0.4 is 16.8 Å². The van der Waals surface area contributed by atoms with E-state index in [0.717, 1.165) is 0 Å². The number of imidazole rings is 1. The van der Waals surface area contributed by atoms with Gasteiger partial charge in [-0.3, -0.25) is 4.57 Å². The molecule has 1 unspecified atom stereocenters. The Balaban J connectivity index is 1.81. The van der Waals surface area contributed by atoms with Gasteiger partial charge in [-0.05, 0) is 0 Å². The molecule has 0 radical (unpaired) electrons. The zero-order valence-corrected chi connectivity index (χ0v) is 15.4. The van der Waals surface area contributed by atoms with Crippen LogP contribution in [0.1, 0.15) is 6.23 Å². The molecule has 0 aromatic carbocycles. The highest BCUT2D eigenvalue weighted by molar-refractivity contribution is 7.71. The molecule has 1 aliphatic rings. The number of aliphatic hydroxyl groups excluding tert-OH is 3. The van der Waals surface area contributed by atoms with Gasteiger partial charge >= 0.3 is 0 Å². The molecule has 150 valence electrons. The van der Waals surface area contributed by atoms with Crippen molar-refractivity contribution in [3.05, 3.63) is 11.0 Å². The molecular formula is C15H20N8O4S. The highest BCUT2D eigenvalue weighted by atomic mass is 32.1. The van der Waals surface area contributed by atoms with Gasteiger partial charge in [-0.2, -0.15) is 0 Å². The number of aromatic nitrogens is 4. The molecule has 1 aliphatic heterocycles. The van der Waals surface area contributed by atoms with Crippen LogP contribution >= 0.6 is 12.2 Å². The number of nitrogens with one attached hydrogen (secondary N) is 2. The van der Waals surface area contributed by atoms with E-state index in [1.54, 1.807) is 0 Å². The summed E-state index contributed by atoms with van der Waals surface area (Å²) in [6, 6.07) is 0. The lowest BCUT2D eigenvalue weighted by Gasteiger charge is -2.17. The van der Waals surface area contributed by atoms with E-state index >= 15 is 0 Å². The fourth-order valence-electron chi connectivity index (χ4n) is 2.70. The van der Waals surface area contributed by atoms with E-state index in [-0.39, 0.29) is 23.7 Å². The number of guanidine groups is 1. The molecule has 1 fully saturated rings. The van der Waals surface area contributed by atoms with Crippen LogP contribution in [0.2, 0.25) is 0 Å². The lowest BCUT2D eigenvalue weighted by molar-refractivity contribution is -0.0511. The number of hydrogen-bond donors (Lipinski definition) is 7. The number of ether oxygens (including phenoxy) is 1. The summed E-state index contributed by atoms with van der Waals surface area (Å²) in [4.78, 5) is 15.1. The van der Waals surface area contributed by atoms with E-state index in [4.69, 9.17) is 28.4 Å². The van der Waals surface area contributed by atoms with Crippen molar-refractivity contribution in [3.63, 3.8) is 0 Å². The number of nitrogens with two attached hydrogens (primary N) is 2. The third kappa shape index (κ3) is 4.06. The van der Waals surface area contributed by atoms with E-state index in [2.05, 4.69) is 37.1 Å². The second kappa shape index (κ2) is 8.50. The number of H-pyrrole nitrogens is 1. The standard InChI is InChI=1S/C15H20N8O4S/c16-14(17)18-3-1-2-4-19-15-21-11-8(12(28)22-15)20-6-23(11)13-10(26)9(25)7(5-24)27-13/h6-7,9-10,13,24-26H,3-5H2,(H4,16,17,18)(H2,19,21,22,28)/t7-,9+,10?,13-/m1/s1. The highest BCUT2D eigenvalue weighted by Crippen LogP contribution is 2.31. The smallest absolute Gasteiger partial charge is 0.203 e. The first-order chi connectivity index (χ1) is 13.4. The Kier molecular flexibility index (Phi) is 6.07. The van der Waals surface area contributed by atoms with Crippen molar-refractivity contribution >= 4 is 35.3 Å². The second-order valence-electron chi connectivity index (χ2n) is 5.92. The normalized spacial score (nSPS) is 24.0. The predicted octanol–water partition coefficient (Wildman–Crippen LogP) is -2.21. The van der Waals surface area contributed by atoms with Crippen molar-refractivity contribution in [2.75, 3.05) is 25.0 Å². The molecule has 13 heteroatoms. The van der Waals surface area contributed by atoms with Crippen molar-refractivity contribution in [2.45, 2.75) is 24.5 Å². The van der Waals surface area contributed by atoms with Crippen molar-refractivity contribution in [3.8, 4) is 11.8 Å². The van der Waals surface area contributed by atoms with Crippen molar-refractivity contribution in [1.82, 2.24) is 19.5 Å². The molecule has 12 nitrogen and oxygen atoms in total. The van der Waals surface area contributed by atoms with E-state index in [1.807, 2.05) is 0 Å². The van der Waals surface area contributed by atoms with Gasteiger partial charge in [0.1, 0.15) is 36.0 Å². The Morgan fingerprint density at radius 1 is 1.39 bits per heavy atom. The predicted molar refractivity (Wildman–Crippen MR) is 103 cm³/mol. The van der Waals surface area contributed by atoms with Gasteiger partial charge in [-0.1, -0.05) is 24.1 Å². The Hall–Kier alpha value is -2.76. The molecule has 0 spiro atoms. The van der Waals surface area contributed by atoms with Crippen LogP contribution in [0.5, 0.6) is 0 Å². The monoisotopic (exact) mass is 408 g/mol. The molecule has 0 aliphatic carbocycles. The number of fused-ring (bicyclic) bond motifs is 1. The van der Waals surface area contributed by atoms with Crippen LogP contribution in [0.3, 0.4) is 0 Å². The minimum atomic E-state index is -1.25. The quantitative estimate of drug-likeness (QED) is 0.123. The summed E-state index contributed by atoms with van der Waals surface area (Å²) in [5, 5.41) is 32.4. The number of aromatic amines is 1. The molecule has 2 aromatic rings. The third-order valence-corrected chi connectivity index (χ3v) is 4.33. The summed E-state index contributed by atoms with van der Waals surface area (Å²) in [6.45, 7) is 0.0144. The summed E-state index contributed by atoms with van der Waals surface area (Å²) < 4.78 is 7.26. The van der Waals surface area contributed by atoms with Crippen molar-refractivity contribution in [1.29, 1.82) is 0 Å². The van der Waals surface area contributed by atoms with Gasteiger partial charge in [0.25, 0.3) is 0 Å². The zero-order chi connectivity index (χ0) is 20.3. The first kappa shape index (κ1) is 20.0. The van der Waals surface area contributed by atoms with Gasteiger partial charge in [0.05, 0.1) is 19.5 Å². The number of nitrogens with zero attached hydrogens (tertiary/aromatic N) is 4. The van der Waals surface area contributed by atoms with Crippen LogP contribution in [0.4, 0.5) is 5.95 Å².